The van der Waals surface area contributed by atoms with Crippen molar-refractivity contribution in [2.24, 2.45) is 0 Å². The second kappa shape index (κ2) is 14.0. The SMILES string of the molecule is CCCC(S)C(=O)OP(OC(=O)C(S)CCC)OC(=O)C(S)CCC. The van der Waals surface area contributed by atoms with Crippen LogP contribution >= 0.6 is 46.5 Å². The highest BCUT2D eigenvalue weighted by Crippen LogP contribution is 2.42. The molecule has 0 aliphatic heterocycles. The topological polar surface area (TPSA) is 78.9 Å². The fourth-order valence-corrected chi connectivity index (χ4v) is 3.75. The van der Waals surface area contributed by atoms with E-state index in [1.165, 1.54) is 0 Å². The van der Waals surface area contributed by atoms with Gasteiger partial charge in [-0.1, -0.05) is 40.0 Å². The van der Waals surface area contributed by atoms with E-state index >= 15 is 0 Å². The van der Waals surface area contributed by atoms with Gasteiger partial charge in [0.2, 0.25) is 0 Å². The summed E-state index contributed by atoms with van der Waals surface area (Å²) in [5.74, 6) is -2.10. The number of hydrogen-bond donors (Lipinski definition) is 3. The Kier molecular flexibility index (Phi) is 13.9. The molecule has 0 spiro atoms. The highest BCUT2D eigenvalue weighted by molar-refractivity contribution is 7.82. The third-order valence-electron chi connectivity index (χ3n) is 3.00. The number of carbonyl (C=O) groups is 3. The number of rotatable bonds is 12. The Morgan fingerprint density at radius 1 is 0.680 bits per heavy atom. The Morgan fingerprint density at radius 3 is 1.12 bits per heavy atom. The van der Waals surface area contributed by atoms with Gasteiger partial charge in [0.1, 0.15) is 0 Å². The van der Waals surface area contributed by atoms with Crippen LogP contribution in [0.1, 0.15) is 59.3 Å². The average molecular weight is 431 g/mol. The molecule has 25 heavy (non-hydrogen) atoms. The lowest BCUT2D eigenvalue weighted by molar-refractivity contribution is -0.141. The number of hydrogen-bond acceptors (Lipinski definition) is 9. The molecule has 6 nitrogen and oxygen atoms in total. The van der Waals surface area contributed by atoms with Crippen LogP contribution in [-0.4, -0.2) is 33.7 Å². The third-order valence-corrected chi connectivity index (χ3v) is 5.39. The molecular formula is C15H27O6PS3. The van der Waals surface area contributed by atoms with Crippen LogP contribution < -0.4 is 0 Å². The zero-order valence-electron chi connectivity index (χ0n) is 14.7. The van der Waals surface area contributed by atoms with E-state index in [1.54, 1.807) is 0 Å². The maximum atomic E-state index is 12.0. The molecule has 0 aromatic rings. The van der Waals surface area contributed by atoms with Crippen molar-refractivity contribution in [3.05, 3.63) is 0 Å². The number of thiol groups is 3. The summed E-state index contributed by atoms with van der Waals surface area (Å²) < 4.78 is 15.2. The van der Waals surface area contributed by atoms with Gasteiger partial charge in [-0.3, -0.25) is 14.4 Å². The van der Waals surface area contributed by atoms with Gasteiger partial charge in [-0.05, 0) is 19.3 Å². The first-order chi connectivity index (χ1) is 11.8. The van der Waals surface area contributed by atoms with E-state index in [-0.39, 0.29) is 0 Å². The normalized spacial score (nSPS) is 15.6. The summed E-state index contributed by atoms with van der Waals surface area (Å²) in [6.07, 6.45) is 3.65. The van der Waals surface area contributed by atoms with Crippen LogP contribution in [0, 0.1) is 0 Å². The van der Waals surface area contributed by atoms with E-state index < -0.39 is 42.3 Å². The predicted molar refractivity (Wildman–Crippen MR) is 108 cm³/mol. The summed E-state index contributed by atoms with van der Waals surface area (Å²) in [7, 11) is -2.50. The zero-order valence-corrected chi connectivity index (χ0v) is 18.3. The molecule has 0 N–H and O–H groups in total. The van der Waals surface area contributed by atoms with Crippen molar-refractivity contribution in [1.82, 2.24) is 0 Å². The molecule has 0 bridgehead atoms. The van der Waals surface area contributed by atoms with E-state index in [0.717, 1.165) is 19.3 Å². The molecule has 0 heterocycles. The van der Waals surface area contributed by atoms with E-state index in [2.05, 4.69) is 37.9 Å². The third kappa shape index (κ3) is 10.6. The lowest BCUT2D eigenvalue weighted by atomic mass is 10.2. The van der Waals surface area contributed by atoms with Gasteiger partial charge in [-0.25, -0.2) is 0 Å². The lowest BCUT2D eigenvalue weighted by Gasteiger charge is -2.19. The molecule has 146 valence electrons. The molecule has 0 aliphatic rings. The Morgan fingerprint density at radius 2 is 0.920 bits per heavy atom. The highest BCUT2D eigenvalue weighted by Gasteiger charge is 2.33. The monoisotopic (exact) mass is 430 g/mol. The molecule has 0 aliphatic carbocycles. The minimum absolute atomic E-state index is 0.489. The Labute approximate surface area is 167 Å². The van der Waals surface area contributed by atoms with Crippen molar-refractivity contribution < 1.29 is 28.0 Å². The van der Waals surface area contributed by atoms with Crippen molar-refractivity contribution in [3.8, 4) is 0 Å². The standard InChI is InChI=1S/C15H27O6PS3/c1-4-7-10(23)13(16)19-22(20-14(17)11(24)8-5-2)21-15(18)12(25)9-6-3/h10-12,23-25H,4-9H2,1-3H3. The van der Waals surface area contributed by atoms with Gasteiger partial charge in [0.25, 0.3) is 0 Å². The maximum absolute atomic E-state index is 12.0. The van der Waals surface area contributed by atoms with E-state index in [9.17, 15) is 14.4 Å². The van der Waals surface area contributed by atoms with Crippen molar-refractivity contribution in [3.63, 3.8) is 0 Å². The smallest absolute Gasteiger partial charge is 0.374 e. The van der Waals surface area contributed by atoms with Crippen LogP contribution in [-0.2, 0) is 28.0 Å². The molecule has 0 aromatic carbocycles. The van der Waals surface area contributed by atoms with Gasteiger partial charge in [0.05, 0.1) is 15.7 Å². The molecule has 3 unspecified atom stereocenters. The van der Waals surface area contributed by atoms with Gasteiger partial charge < -0.3 is 13.6 Å². The molecule has 0 radical (unpaired) electrons. The summed E-state index contributed by atoms with van der Waals surface area (Å²) in [6.45, 7) is 5.68. The van der Waals surface area contributed by atoms with Crippen LogP contribution in [0.3, 0.4) is 0 Å². The van der Waals surface area contributed by atoms with Crippen molar-refractivity contribution >= 4 is 64.4 Å². The van der Waals surface area contributed by atoms with Crippen molar-refractivity contribution in [2.75, 3.05) is 0 Å². The van der Waals surface area contributed by atoms with Gasteiger partial charge in [-0.15, -0.1) is 0 Å². The summed E-state index contributed by atoms with van der Waals surface area (Å²) in [5, 5.41) is -2.05. The Hall–Kier alpha value is -0.110. The molecule has 0 amide bonds. The van der Waals surface area contributed by atoms with Gasteiger partial charge in [0, 0.05) is 0 Å². The minimum Gasteiger partial charge on any atom is -0.374 e. The number of carbonyl (C=O) groups excluding carboxylic acids is 3. The first-order valence-electron chi connectivity index (χ1n) is 8.26. The predicted octanol–water partition coefficient (Wildman–Crippen LogP) is 4.14. The summed E-state index contributed by atoms with van der Waals surface area (Å²) in [6, 6.07) is 0. The molecule has 0 saturated carbocycles. The maximum Gasteiger partial charge on any atom is 0.537 e. The van der Waals surface area contributed by atoms with Crippen molar-refractivity contribution in [2.45, 2.75) is 75.0 Å². The first kappa shape index (κ1) is 24.9. The van der Waals surface area contributed by atoms with Crippen LogP contribution in [0.15, 0.2) is 0 Å². The van der Waals surface area contributed by atoms with Crippen molar-refractivity contribution in [1.29, 1.82) is 0 Å². The van der Waals surface area contributed by atoms with Gasteiger partial charge in [-0.2, -0.15) is 37.9 Å². The van der Waals surface area contributed by atoms with Crippen LogP contribution in [0.4, 0.5) is 0 Å². The Balaban J connectivity index is 4.94. The molecule has 0 saturated heterocycles. The highest BCUT2D eigenvalue weighted by atomic mass is 32.1. The van der Waals surface area contributed by atoms with E-state index in [1.807, 2.05) is 20.8 Å². The molecular weight excluding hydrogens is 403 g/mol. The average Bonchev–Trinajstić information content (AvgIpc) is 2.55. The summed E-state index contributed by atoms with van der Waals surface area (Å²) in [5.41, 5.74) is 0. The molecule has 3 atom stereocenters. The minimum atomic E-state index is -2.50. The fourth-order valence-electron chi connectivity index (χ4n) is 1.63. The van der Waals surface area contributed by atoms with Crippen LogP contribution in [0.25, 0.3) is 0 Å². The largest absolute Gasteiger partial charge is 0.537 e. The zero-order chi connectivity index (χ0) is 19.4. The lowest BCUT2D eigenvalue weighted by Crippen LogP contribution is -2.23. The van der Waals surface area contributed by atoms with E-state index in [0.29, 0.717) is 19.3 Å². The molecule has 0 rings (SSSR count). The molecule has 0 fully saturated rings. The first-order valence-corrected chi connectivity index (χ1v) is 10.9. The summed E-state index contributed by atoms with van der Waals surface area (Å²) >= 11 is 12.4. The molecule has 0 aromatic heterocycles. The van der Waals surface area contributed by atoms with Crippen LogP contribution in [0.5, 0.6) is 0 Å². The Bertz CT molecular complexity index is 376. The second-order valence-electron chi connectivity index (χ2n) is 5.37. The molecule has 10 heteroatoms. The van der Waals surface area contributed by atoms with Gasteiger partial charge >= 0.3 is 26.5 Å². The van der Waals surface area contributed by atoms with E-state index in [4.69, 9.17) is 13.6 Å². The second-order valence-corrected chi connectivity index (χ2v) is 8.23. The van der Waals surface area contributed by atoms with Gasteiger partial charge in [0.15, 0.2) is 0 Å². The quantitative estimate of drug-likeness (QED) is 0.319. The summed E-state index contributed by atoms with van der Waals surface area (Å²) in [4.78, 5) is 36.0. The fraction of sp³-hybridized carbons (Fsp3) is 0.800. The van der Waals surface area contributed by atoms with Crippen LogP contribution in [0.2, 0.25) is 0 Å².